The summed E-state index contributed by atoms with van der Waals surface area (Å²) in [7, 11) is 0. The first-order chi connectivity index (χ1) is 9.17. The summed E-state index contributed by atoms with van der Waals surface area (Å²) in [5.74, 6) is 0. The van der Waals surface area contributed by atoms with Crippen LogP contribution in [0.1, 0.15) is 11.1 Å². The summed E-state index contributed by atoms with van der Waals surface area (Å²) < 4.78 is 3.04. The normalized spacial score (nSPS) is 10.6. The first-order valence-corrected chi connectivity index (χ1v) is 6.62. The average Bonchev–Trinajstić information content (AvgIpc) is 2.83. The molecule has 3 aromatic rings. The fourth-order valence-corrected chi connectivity index (χ4v) is 2.64. The zero-order valence-electron chi connectivity index (χ0n) is 10.3. The van der Waals surface area contributed by atoms with Crippen molar-refractivity contribution in [2.75, 3.05) is 0 Å². The Morgan fingerprint density at radius 3 is 2.63 bits per heavy atom. The van der Waals surface area contributed by atoms with Gasteiger partial charge in [-0.3, -0.25) is 0 Å². The van der Waals surface area contributed by atoms with Crippen molar-refractivity contribution in [3.05, 3.63) is 58.3 Å². The zero-order chi connectivity index (χ0) is 13.4. The number of aromatic nitrogens is 2. The quantitative estimate of drug-likeness (QED) is 0.683. The predicted molar refractivity (Wildman–Crippen MR) is 77.8 cm³/mol. The Morgan fingerprint density at radius 2 is 1.95 bits per heavy atom. The molecule has 3 nitrogen and oxygen atoms in total. The third-order valence-corrected chi connectivity index (χ3v) is 3.45. The monoisotopic (exact) mass is 311 g/mol. The van der Waals surface area contributed by atoms with Gasteiger partial charge >= 0.3 is 0 Å². The van der Waals surface area contributed by atoms with E-state index in [1.807, 2.05) is 54.0 Å². The van der Waals surface area contributed by atoms with Crippen LogP contribution in [0.4, 0.5) is 0 Å². The Bertz CT molecular complexity index is 795. The highest BCUT2D eigenvalue weighted by atomic mass is 79.9. The van der Waals surface area contributed by atoms with Gasteiger partial charge in [0, 0.05) is 22.4 Å². The minimum Gasteiger partial charge on any atom is -0.305 e. The van der Waals surface area contributed by atoms with E-state index in [0.717, 1.165) is 26.9 Å². The first kappa shape index (κ1) is 11.9. The second-order valence-corrected chi connectivity index (χ2v) is 5.30. The van der Waals surface area contributed by atoms with E-state index < -0.39 is 0 Å². The summed E-state index contributed by atoms with van der Waals surface area (Å²) in [6, 6.07) is 11.6. The van der Waals surface area contributed by atoms with E-state index in [-0.39, 0.29) is 0 Å². The standard InChI is InChI=1S/C15H10BrN3/c1-10-6-13(16)8-19-9-14(18-15(10)19)12-4-2-11(7-17)3-5-12/h2-6,8-9H,1H3. The molecule has 2 heterocycles. The number of benzene rings is 1. The van der Waals surface area contributed by atoms with Crippen molar-refractivity contribution >= 4 is 21.6 Å². The smallest absolute Gasteiger partial charge is 0.140 e. The molecule has 0 atom stereocenters. The van der Waals surface area contributed by atoms with E-state index in [4.69, 9.17) is 5.26 Å². The Balaban J connectivity index is 2.15. The topological polar surface area (TPSA) is 41.1 Å². The molecule has 92 valence electrons. The van der Waals surface area contributed by atoms with Crippen LogP contribution in [0.2, 0.25) is 0 Å². The molecule has 2 aromatic heterocycles. The van der Waals surface area contributed by atoms with Crippen molar-refractivity contribution in [2.45, 2.75) is 6.92 Å². The Labute approximate surface area is 119 Å². The fourth-order valence-electron chi connectivity index (χ4n) is 2.08. The van der Waals surface area contributed by atoms with E-state index in [1.54, 1.807) is 0 Å². The highest BCUT2D eigenvalue weighted by Crippen LogP contribution is 2.23. The van der Waals surface area contributed by atoms with Crippen molar-refractivity contribution in [3.8, 4) is 17.3 Å². The first-order valence-electron chi connectivity index (χ1n) is 5.83. The molecule has 0 fully saturated rings. The maximum absolute atomic E-state index is 8.81. The van der Waals surface area contributed by atoms with Crippen molar-refractivity contribution in [3.63, 3.8) is 0 Å². The lowest BCUT2D eigenvalue weighted by molar-refractivity contribution is 1.15. The van der Waals surface area contributed by atoms with Gasteiger partial charge in [0.2, 0.25) is 0 Å². The molecular weight excluding hydrogens is 302 g/mol. The number of fused-ring (bicyclic) bond motifs is 1. The van der Waals surface area contributed by atoms with Crippen LogP contribution in [0.5, 0.6) is 0 Å². The van der Waals surface area contributed by atoms with Gasteiger partial charge in [0.05, 0.1) is 17.3 Å². The molecular formula is C15H10BrN3. The number of nitriles is 1. The summed E-state index contributed by atoms with van der Waals surface area (Å²) >= 11 is 3.48. The third-order valence-electron chi connectivity index (χ3n) is 3.01. The number of hydrogen-bond acceptors (Lipinski definition) is 2. The molecule has 0 N–H and O–H groups in total. The highest BCUT2D eigenvalue weighted by molar-refractivity contribution is 9.10. The molecule has 0 bridgehead atoms. The van der Waals surface area contributed by atoms with Gasteiger partial charge in [-0.1, -0.05) is 12.1 Å². The minimum absolute atomic E-state index is 0.659. The van der Waals surface area contributed by atoms with Gasteiger partial charge in [-0.15, -0.1) is 0 Å². The van der Waals surface area contributed by atoms with E-state index >= 15 is 0 Å². The number of hydrogen-bond donors (Lipinski definition) is 0. The maximum atomic E-state index is 8.81. The van der Waals surface area contributed by atoms with Crippen LogP contribution in [0.15, 0.2) is 47.2 Å². The molecule has 3 rings (SSSR count). The van der Waals surface area contributed by atoms with Crippen LogP contribution in [0.25, 0.3) is 16.9 Å². The number of imidazole rings is 1. The van der Waals surface area contributed by atoms with Gasteiger partial charge < -0.3 is 4.40 Å². The number of aryl methyl sites for hydroxylation is 1. The van der Waals surface area contributed by atoms with Crippen molar-refractivity contribution in [1.29, 1.82) is 5.26 Å². The molecule has 0 spiro atoms. The number of nitrogens with zero attached hydrogens (tertiary/aromatic N) is 3. The second-order valence-electron chi connectivity index (χ2n) is 4.39. The molecule has 4 heteroatoms. The van der Waals surface area contributed by atoms with Crippen LogP contribution < -0.4 is 0 Å². The molecule has 0 amide bonds. The van der Waals surface area contributed by atoms with Gasteiger partial charge in [-0.2, -0.15) is 5.26 Å². The maximum Gasteiger partial charge on any atom is 0.140 e. The Kier molecular flexibility index (Phi) is 2.84. The third kappa shape index (κ3) is 2.13. The summed E-state index contributed by atoms with van der Waals surface area (Å²) in [5, 5.41) is 8.81. The van der Waals surface area contributed by atoms with Crippen LogP contribution in [0, 0.1) is 18.3 Å². The summed E-state index contributed by atoms with van der Waals surface area (Å²) in [6.07, 6.45) is 3.98. The lowest BCUT2D eigenvalue weighted by atomic mass is 10.1. The lowest BCUT2D eigenvalue weighted by Gasteiger charge is -1.97. The average molecular weight is 312 g/mol. The SMILES string of the molecule is Cc1cc(Br)cn2cc(-c3ccc(C#N)cc3)nc12. The van der Waals surface area contributed by atoms with Crippen molar-refractivity contribution < 1.29 is 0 Å². The van der Waals surface area contributed by atoms with Crippen molar-refractivity contribution in [2.24, 2.45) is 0 Å². The predicted octanol–water partition coefficient (Wildman–Crippen LogP) is 3.94. The number of halogens is 1. The van der Waals surface area contributed by atoms with E-state index in [9.17, 15) is 0 Å². The summed E-state index contributed by atoms with van der Waals surface area (Å²) in [5.41, 5.74) is 4.65. The van der Waals surface area contributed by atoms with Crippen LogP contribution in [-0.2, 0) is 0 Å². The second kappa shape index (κ2) is 4.52. The van der Waals surface area contributed by atoms with E-state index in [2.05, 4.69) is 27.0 Å². The van der Waals surface area contributed by atoms with E-state index in [0.29, 0.717) is 5.56 Å². The molecule has 0 radical (unpaired) electrons. The van der Waals surface area contributed by atoms with Crippen LogP contribution in [-0.4, -0.2) is 9.38 Å². The minimum atomic E-state index is 0.659. The van der Waals surface area contributed by atoms with Gasteiger partial charge in [-0.25, -0.2) is 4.98 Å². The summed E-state index contributed by atoms with van der Waals surface area (Å²) in [6.45, 7) is 2.04. The molecule has 0 aliphatic carbocycles. The van der Waals surface area contributed by atoms with Crippen molar-refractivity contribution in [1.82, 2.24) is 9.38 Å². The molecule has 1 aromatic carbocycles. The van der Waals surface area contributed by atoms with Crippen LogP contribution in [0.3, 0.4) is 0 Å². The number of pyridine rings is 1. The Morgan fingerprint density at radius 1 is 1.21 bits per heavy atom. The lowest BCUT2D eigenvalue weighted by Crippen LogP contribution is -1.86. The molecule has 19 heavy (non-hydrogen) atoms. The summed E-state index contributed by atoms with van der Waals surface area (Å²) in [4.78, 5) is 4.64. The van der Waals surface area contributed by atoms with Gasteiger partial charge in [0.1, 0.15) is 5.65 Å². The number of rotatable bonds is 1. The largest absolute Gasteiger partial charge is 0.305 e. The molecule has 0 saturated heterocycles. The Hall–Kier alpha value is -2.12. The van der Waals surface area contributed by atoms with E-state index in [1.165, 1.54) is 0 Å². The van der Waals surface area contributed by atoms with Crippen LogP contribution >= 0.6 is 15.9 Å². The van der Waals surface area contributed by atoms with Gasteiger partial charge in [0.25, 0.3) is 0 Å². The fraction of sp³-hybridized carbons (Fsp3) is 0.0667. The highest BCUT2D eigenvalue weighted by Gasteiger charge is 2.07. The molecule has 0 aliphatic heterocycles. The molecule has 0 unspecified atom stereocenters. The van der Waals surface area contributed by atoms with Gasteiger partial charge in [0.15, 0.2) is 0 Å². The van der Waals surface area contributed by atoms with Gasteiger partial charge in [-0.05, 0) is 46.6 Å². The zero-order valence-corrected chi connectivity index (χ0v) is 11.8. The molecule has 0 aliphatic rings. The molecule has 0 saturated carbocycles.